The van der Waals surface area contributed by atoms with Crippen LogP contribution in [0.15, 0.2) is 42.7 Å². The third-order valence-corrected chi connectivity index (χ3v) is 5.70. The first kappa shape index (κ1) is 17.3. The topological polar surface area (TPSA) is 65.4 Å². The highest BCUT2D eigenvalue weighted by Crippen LogP contribution is 2.34. The van der Waals surface area contributed by atoms with Crippen LogP contribution in [0.3, 0.4) is 0 Å². The number of ether oxygens (including phenoxy) is 2. The number of carbonyl (C=O) groups is 1. The van der Waals surface area contributed by atoms with Crippen LogP contribution in [-0.2, 0) is 6.42 Å². The first-order chi connectivity index (χ1) is 13.8. The van der Waals surface area contributed by atoms with E-state index < -0.39 is 0 Å². The zero-order valence-electron chi connectivity index (χ0n) is 15.7. The van der Waals surface area contributed by atoms with E-state index in [1.807, 2.05) is 42.7 Å². The van der Waals surface area contributed by atoms with Crippen LogP contribution in [0.2, 0.25) is 0 Å². The predicted octanol–water partition coefficient (Wildman–Crippen LogP) is 3.51. The number of fused-ring (bicyclic) bond motifs is 2. The van der Waals surface area contributed by atoms with Crippen molar-refractivity contribution >= 4 is 16.9 Å². The van der Waals surface area contributed by atoms with Gasteiger partial charge in [0.1, 0.15) is 0 Å². The van der Waals surface area contributed by atoms with Crippen LogP contribution >= 0.6 is 0 Å². The summed E-state index contributed by atoms with van der Waals surface area (Å²) in [6, 6.07) is 9.76. The van der Waals surface area contributed by atoms with E-state index >= 15 is 0 Å². The molecule has 0 unspecified atom stereocenters. The first-order valence-corrected chi connectivity index (χ1v) is 9.88. The number of aryl methyl sites for hydroxylation is 1. The highest BCUT2D eigenvalue weighted by Gasteiger charge is 2.23. The molecule has 1 N–H and O–H groups in total. The zero-order valence-corrected chi connectivity index (χ0v) is 15.7. The molecule has 1 aromatic carbocycles. The molecular formula is C22H23N3O3. The summed E-state index contributed by atoms with van der Waals surface area (Å²) in [6.45, 7) is 2.30. The zero-order chi connectivity index (χ0) is 18.9. The van der Waals surface area contributed by atoms with Crippen LogP contribution in [-0.4, -0.2) is 35.3 Å². The molecule has 6 nitrogen and oxygen atoms in total. The summed E-state index contributed by atoms with van der Waals surface area (Å²) in [6.07, 6.45) is 7.11. The lowest BCUT2D eigenvalue weighted by atomic mass is 9.91. The molecule has 6 heteroatoms. The van der Waals surface area contributed by atoms with Gasteiger partial charge in [0.05, 0.1) is 11.0 Å². The Balaban J connectivity index is 1.38. The van der Waals surface area contributed by atoms with Crippen LogP contribution < -0.4 is 14.8 Å². The van der Waals surface area contributed by atoms with Crippen molar-refractivity contribution in [2.75, 3.05) is 19.9 Å². The lowest BCUT2D eigenvalue weighted by molar-refractivity contribution is 0.0908. The summed E-state index contributed by atoms with van der Waals surface area (Å²) in [4.78, 5) is 17.6. The number of hydrogen-bond donors (Lipinski definition) is 1. The molecule has 2 aliphatic heterocycles. The molecule has 0 amide bonds. The molecule has 2 aromatic heterocycles. The van der Waals surface area contributed by atoms with Gasteiger partial charge in [-0.1, -0.05) is 6.07 Å². The van der Waals surface area contributed by atoms with Gasteiger partial charge < -0.3 is 14.8 Å². The molecule has 1 saturated heterocycles. The van der Waals surface area contributed by atoms with Crippen molar-refractivity contribution in [3.63, 3.8) is 0 Å². The second-order valence-corrected chi connectivity index (χ2v) is 7.43. The van der Waals surface area contributed by atoms with Gasteiger partial charge in [0.25, 0.3) is 0 Å². The largest absolute Gasteiger partial charge is 0.454 e. The number of pyridine rings is 1. The monoisotopic (exact) mass is 377 g/mol. The molecule has 0 spiro atoms. The second kappa shape index (κ2) is 7.28. The third kappa shape index (κ3) is 3.14. The molecule has 5 rings (SSSR count). The number of nitrogens with zero attached hydrogens (tertiary/aromatic N) is 2. The van der Waals surface area contributed by atoms with Gasteiger partial charge in [-0.15, -0.1) is 0 Å². The average molecular weight is 377 g/mol. The Morgan fingerprint density at radius 1 is 1.18 bits per heavy atom. The van der Waals surface area contributed by atoms with E-state index in [0.717, 1.165) is 54.0 Å². The van der Waals surface area contributed by atoms with Gasteiger partial charge in [-0.05, 0) is 73.7 Å². The fourth-order valence-corrected chi connectivity index (χ4v) is 4.19. The maximum absolute atomic E-state index is 13.0. The average Bonchev–Trinajstić information content (AvgIpc) is 3.37. The van der Waals surface area contributed by atoms with E-state index in [-0.39, 0.29) is 12.7 Å². The highest BCUT2D eigenvalue weighted by atomic mass is 16.7. The van der Waals surface area contributed by atoms with Crippen molar-refractivity contribution in [3.05, 3.63) is 53.9 Å². The van der Waals surface area contributed by atoms with E-state index in [4.69, 9.17) is 9.47 Å². The Hall–Kier alpha value is -2.86. The molecule has 2 aliphatic rings. The van der Waals surface area contributed by atoms with E-state index in [0.29, 0.717) is 18.8 Å². The summed E-state index contributed by atoms with van der Waals surface area (Å²) in [5.41, 5.74) is 4.15. The quantitative estimate of drug-likeness (QED) is 0.754. The molecule has 4 heterocycles. The van der Waals surface area contributed by atoms with Crippen molar-refractivity contribution in [1.82, 2.24) is 14.9 Å². The Morgan fingerprint density at radius 3 is 2.93 bits per heavy atom. The molecule has 0 bridgehead atoms. The van der Waals surface area contributed by atoms with E-state index in [1.54, 1.807) is 4.57 Å². The smallest absolute Gasteiger partial charge is 0.231 e. The van der Waals surface area contributed by atoms with Gasteiger partial charge in [-0.2, -0.15) is 0 Å². The molecule has 0 saturated carbocycles. The van der Waals surface area contributed by atoms with Crippen molar-refractivity contribution in [1.29, 1.82) is 0 Å². The van der Waals surface area contributed by atoms with Crippen molar-refractivity contribution in [2.45, 2.75) is 31.6 Å². The SMILES string of the molecule is O=C(CCc1ccc2c(c1)OCO2)n1cc(C2CCNCC2)c2ncccc21. The highest BCUT2D eigenvalue weighted by molar-refractivity contribution is 5.93. The number of hydrogen-bond acceptors (Lipinski definition) is 5. The molecule has 144 valence electrons. The maximum atomic E-state index is 13.0. The molecule has 0 radical (unpaired) electrons. The van der Waals surface area contributed by atoms with Gasteiger partial charge in [0.2, 0.25) is 12.7 Å². The molecule has 0 aliphatic carbocycles. The Morgan fingerprint density at radius 2 is 2.04 bits per heavy atom. The second-order valence-electron chi connectivity index (χ2n) is 7.43. The summed E-state index contributed by atoms with van der Waals surface area (Å²) in [5, 5.41) is 3.40. The van der Waals surface area contributed by atoms with Gasteiger partial charge in [0.15, 0.2) is 11.5 Å². The van der Waals surface area contributed by atoms with Gasteiger partial charge in [-0.25, -0.2) is 0 Å². The Bertz CT molecular complexity index is 1020. The predicted molar refractivity (Wildman–Crippen MR) is 106 cm³/mol. The number of nitrogens with one attached hydrogen (secondary N) is 1. The maximum Gasteiger partial charge on any atom is 0.231 e. The number of piperidine rings is 1. The normalized spacial score (nSPS) is 16.6. The molecular weight excluding hydrogens is 354 g/mol. The number of rotatable bonds is 4. The molecule has 1 fully saturated rings. The first-order valence-electron chi connectivity index (χ1n) is 9.88. The van der Waals surface area contributed by atoms with E-state index in [9.17, 15) is 4.79 Å². The minimum atomic E-state index is 0.0934. The minimum Gasteiger partial charge on any atom is -0.454 e. The summed E-state index contributed by atoms with van der Waals surface area (Å²) < 4.78 is 12.6. The lowest BCUT2D eigenvalue weighted by Crippen LogP contribution is -2.26. The molecule has 3 aromatic rings. The molecule has 0 atom stereocenters. The number of benzene rings is 1. The third-order valence-electron chi connectivity index (χ3n) is 5.70. The fourth-order valence-electron chi connectivity index (χ4n) is 4.19. The molecule has 28 heavy (non-hydrogen) atoms. The van der Waals surface area contributed by atoms with Gasteiger partial charge in [0, 0.05) is 18.8 Å². The Labute approximate surface area is 163 Å². The van der Waals surface area contributed by atoms with E-state index in [2.05, 4.69) is 10.3 Å². The standard InChI is InChI=1S/C22H23N3O3/c26-21(6-4-15-3-5-19-20(12-15)28-14-27-19)25-13-17(16-7-10-23-11-8-16)22-18(25)2-1-9-24-22/h1-3,5,9,12-13,16,23H,4,6-8,10-11,14H2. The van der Waals surface area contributed by atoms with Crippen molar-refractivity contribution in [2.24, 2.45) is 0 Å². The van der Waals surface area contributed by atoms with Crippen LogP contribution in [0.25, 0.3) is 11.0 Å². The number of carbonyl (C=O) groups excluding carboxylic acids is 1. The van der Waals surface area contributed by atoms with Crippen LogP contribution in [0.1, 0.15) is 41.1 Å². The Kier molecular flexibility index (Phi) is 4.49. The fraction of sp³-hybridized carbons (Fsp3) is 0.364. The van der Waals surface area contributed by atoms with Crippen molar-refractivity contribution in [3.8, 4) is 11.5 Å². The summed E-state index contributed by atoms with van der Waals surface area (Å²) in [7, 11) is 0. The van der Waals surface area contributed by atoms with Gasteiger partial charge >= 0.3 is 0 Å². The van der Waals surface area contributed by atoms with E-state index in [1.165, 1.54) is 5.56 Å². The minimum absolute atomic E-state index is 0.0934. The van der Waals surface area contributed by atoms with Crippen molar-refractivity contribution < 1.29 is 14.3 Å². The van der Waals surface area contributed by atoms with Gasteiger partial charge in [-0.3, -0.25) is 14.3 Å². The summed E-state index contributed by atoms with van der Waals surface area (Å²) >= 11 is 0. The summed E-state index contributed by atoms with van der Waals surface area (Å²) in [5.74, 6) is 2.08. The number of aromatic nitrogens is 2. The van der Waals surface area contributed by atoms with Crippen LogP contribution in [0.5, 0.6) is 11.5 Å². The van der Waals surface area contributed by atoms with Crippen LogP contribution in [0.4, 0.5) is 0 Å². The van der Waals surface area contributed by atoms with Crippen LogP contribution in [0, 0.1) is 0 Å². The lowest BCUT2D eigenvalue weighted by Gasteiger charge is -2.21.